The number of hydrogen-bond acceptors (Lipinski definition) is 2. The highest BCUT2D eigenvalue weighted by molar-refractivity contribution is 7.12. The maximum atomic E-state index is 3.66. The molecule has 1 heterocycles. The Hall–Kier alpha value is -0.340. The minimum absolute atomic E-state index is 0.288. The fourth-order valence-corrected chi connectivity index (χ4v) is 2.94. The molecule has 0 aliphatic rings. The van der Waals surface area contributed by atoms with Gasteiger partial charge in [0, 0.05) is 22.3 Å². The number of hydrogen-bond donors (Lipinski definition) is 1. The minimum atomic E-state index is 0.288. The van der Waals surface area contributed by atoms with E-state index in [-0.39, 0.29) is 5.41 Å². The van der Waals surface area contributed by atoms with Gasteiger partial charge < -0.3 is 5.32 Å². The van der Waals surface area contributed by atoms with Crippen LogP contribution in [0, 0.1) is 0 Å². The first-order chi connectivity index (χ1) is 7.97. The van der Waals surface area contributed by atoms with E-state index >= 15 is 0 Å². The molecule has 0 saturated carbocycles. The van der Waals surface area contributed by atoms with E-state index in [1.54, 1.807) is 0 Å². The molecular weight excluding hydrogens is 226 g/mol. The highest BCUT2D eigenvalue weighted by Crippen LogP contribution is 2.29. The zero-order valence-electron chi connectivity index (χ0n) is 12.0. The highest BCUT2D eigenvalue weighted by Gasteiger charge is 2.16. The summed E-state index contributed by atoms with van der Waals surface area (Å²) in [5.74, 6) is 0. The maximum Gasteiger partial charge on any atom is 0.0302 e. The molecule has 17 heavy (non-hydrogen) atoms. The van der Waals surface area contributed by atoms with Crippen molar-refractivity contribution in [3.63, 3.8) is 0 Å². The van der Waals surface area contributed by atoms with Crippen molar-refractivity contribution in [3.8, 4) is 0 Å². The van der Waals surface area contributed by atoms with Gasteiger partial charge in [-0.1, -0.05) is 41.0 Å². The summed E-state index contributed by atoms with van der Waals surface area (Å²) in [6.07, 6.45) is 3.78. The third-order valence-corrected chi connectivity index (χ3v) is 4.61. The summed E-state index contributed by atoms with van der Waals surface area (Å²) >= 11 is 1.95. The van der Waals surface area contributed by atoms with Gasteiger partial charge in [0.2, 0.25) is 0 Å². The summed E-state index contributed by atoms with van der Waals surface area (Å²) in [5, 5.41) is 3.66. The first kappa shape index (κ1) is 14.7. The zero-order chi connectivity index (χ0) is 12.9. The van der Waals surface area contributed by atoms with Crippen LogP contribution in [0.15, 0.2) is 12.1 Å². The summed E-state index contributed by atoms with van der Waals surface area (Å²) in [7, 11) is 0. The van der Waals surface area contributed by atoms with Gasteiger partial charge in [0.05, 0.1) is 0 Å². The van der Waals surface area contributed by atoms with Crippen LogP contribution in [-0.4, -0.2) is 6.04 Å². The summed E-state index contributed by atoms with van der Waals surface area (Å²) in [4.78, 5) is 2.95. The van der Waals surface area contributed by atoms with E-state index in [9.17, 15) is 0 Å². The molecule has 1 aromatic heterocycles. The third-order valence-electron chi connectivity index (χ3n) is 3.10. The normalized spacial score (nSPS) is 13.9. The molecule has 0 bridgehead atoms. The van der Waals surface area contributed by atoms with Crippen LogP contribution in [0.2, 0.25) is 0 Å². The van der Waals surface area contributed by atoms with Crippen LogP contribution in [0.4, 0.5) is 0 Å². The lowest BCUT2D eigenvalue weighted by atomic mass is 9.95. The van der Waals surface area contributed by atoms with Crippen LogP contribution < -0.4 is 5.32 Å². The molecule has 0 aliphatic heterocycles. The molecule has 0 amide bonds. The molecule has 2 heteroatoms. The molecule has 1 nitrogen and oxygen atoms in total. The Morgan fingerprint density at radius 3 is 2.41 bits per heavy atom. The van der Waals surface area contributed by atoms with Crippen LogP contribution in [0.1, 0.15) is 63.6 Å². The van der Waals surface area contributed by atoms with E-state index in [4.69, 9.17) is 0 Å². The molecule has 1 atom stereocenters. The Kier molecular flexibility index (Phi) is 5.68. The molecule has 1 unspecified atom stereocenters. The highest BCUT2D eigenvalue weighted by atomic mass is 32.1. The van der Waals surface area contributed by atoms with Crippen LogP contribution in [0.3, 0.4) is 0 Å². The quantitative estimate of drug-likeness (QED) is 0.774. The van der Waals surface area contributed by atoms with E-state index in [1.807, 2.05) is 11.3 Å². The van der Waals surface area contributed by atoms with E-state index in [0.717, 1.165) is 6.54 Å². The van der Waals surface area contributed by atoms with Gasteiger partial charge in [0.15, 0.2) is 0 Å². The fourth-order valence-electron chi connectivity index (χ4n) is 1.92. The molecule has 1 rings (SSSR count). The van der Waals surface area contributed by atoms with Crippen molar-refractivity contribution in [3.05, 3.63) is 21.9 Å². The molecular formula is C15H27NS. The summed E-state index contributed by atoms with van der Waals surface area (Å²) in [5.41, 5.74) is 0.288. The van der Waals surface area contributed by atoms with Crippen LogP contribution in [-0.2, 0) is 12.0 Å². The zero-order valence-corrected chi connectivity index (χ0v) is 12.8. The van der Waals surface area contributed by atoms with Crippen molar-refractivity contribution in [1.82, 2.24) is 5.32 Å². The Labute approximate surface area is 111 Å². The van der Waals surface area contributed by atoms with Crippen LogP contribution >= 0.6 is 11.3 Å². The minimum Gasteiger partial charge on any atom is -0.309 e. The number of nitrogens with one attached hydrogen (secondary N) is 1. The first-order valence-corrected chi connectivity index (χ1v) is 7.61. The second-order valence-corrected chi connectivity index (χ2v) is 6.96. The Balaban J connectivity index is 2.49. The number of rotatable bonds is 6. The van der Waals surface area contributed by atoms with Gasteiger partial charge >= 0.3 is 0 Å². The summed E-state index contributed by atoms with van der Waals surface area (Å²) < 4.78 is 0. The van der Waals surface area contributed by atoms with Crippen LogP contribution in [0.25, 0.3) is 0 Å². The van der Waals surface area contributed by atoms with E-state index < -0.39 is 0 Å². The molecule has 0 spiro atoms. The molecule has 0 saturated heterocycles. The summed E-state index contributed by atoms with van der Waals surface area (Å²) in [6, 6.07) is 5.24. The van der Waals surface area contributed by atoms with E-state index in [1.165, 1.54) is 29.0 Å². The molecule has 1 aromatic rings. The lowest BCUT2D eigenvalue weighted by Crippen LogP contribution is -2.27. The largest absolute Gasteiger partial charge is 0.309 e. The lowest BCUT2D eigenvalue weighted by molar-refractivity contribution is 0.464. The summed E-state index contributed by atoms with van der Waals surface area (Å²) in [6.45, 7) is 12.4. The van der Waals surface area contributed by atoms with Crippen molar-refractivity contribution in [2.75, 3.05) is 0 Å². The average Bonchev–Trinajstić information content (AvgIpc) is 2.72. The lowest BCUT2D eigenvalue weighted by Gasteiger charge is -2.16. The second kappa shape index (κ2) is 6.55. The standard InChI is InChI=1S/C15H27NS/c1-6-8-12(7-2)16-11-13-9-10-14(17-13)15(3,4)5/h9-10,12,16H,6-8,11H2,1-5H3. The SMILES string of the molecule is CCCC(CC)NCc1ccc(C(C)(C)C)s1. The molecule has 1 N–H and O–H groups in total. The van der Waals surface area contributed by atoms with Gasteiger partial charge in [0.1, 0.15) is 0 Å². The molecule has 0 radical (unpaired) electrons. The Morgan fingerprint density at radius 1 is 1.24 bits per heavy atom. The van der Waals surface area contributed by atoms with Gasteiger partial charge in [-0.25, -0.2) is 0 Å². The fraction of sp³-hybridized carbons (Fsp3) is 0.733. The van der Waals surface area contributed by atoms with E-state index in [0.29, 0.717) is 6.04 Å². The van der Waals surface area contributed by atoms with Gasteiger partial charge in [-0.3, -0.25) is 0 Å². The smallest absolute Gasteiger partial charge is 0.0302 e. The monoisotopic (exact) mass is 253 g/mol. The van der Waals surface area contributed by atoms with Crippen molar-refractivity contribution < 1.29 is 0 Å². The molecule has 0 fully saturated rings. The van der Waals surface area contributed by atoms with Crippen LogP contribution in [0.5, 0.6) is 0 Å². The van der Waals surface area contributed by atoms with Crippen molar-refractivity contribution in [2.45, 2.75) is 71.9 Å². The molecule has 0 aliphatic carbocycles. The maximum absolute atomic E-state index is 3.66. The predicted octanol–water partition coefficient (Wildman–Crippen LogP) is 4.71. The number of thiophene rings is 1. The third kappa shape index (κ3) is 4.81. The van der Waals surface area contributed by atoms with Gasteiger partial charge in [-0.05, 0) is 30.4 Å². The van der Waals surface area contributed by atoms with Crippen molar-refractivity contribution >= 4 is 11.3 Å². The van der Waals surface area contributed by atoms with Crippen molar-refractivity contribution in [1.29, 1.82) is 0 Å². The van der Waals surface area contributed by atoms with E-state index in [2.05, 4.69) is 52.1 Å². The van der Waals surface area contributed by atoms with Gasteiger partial charge in [-0.15, -0.1) is 11.3 Å². The van der Waals surface area contributed by atoms with Gasteiger partial charge in [0.25, 0.3) is 0 Å². The van der Waals surface area contributed by atoms with Crippen molar-refractivity contribution in [2.24, 2.45) is 0 Å². The second-order valence-electron chi connectivity index (χ2n) is 5.79. The molecule has 0 aromatic carbocycles. The predicted molar refractivity (Wildman–Crippen MR) is 78.8 cm³/mol. The Morgan fingerprint density at radius 2 is 1.94 bits per heavy atom. The molecule has 98 valence electrons. The Bertz CT molecular complexity index is 322. The topological polar surface area (TPSA) is 12.0 Å². The van der Waals surface area contributed by atoms with Gasteiger partial charge in [-0.2, -0.15) is 0 Å². The average molecular weight is 253 g/mol. The first-order valence-electron chi connectivity index (χ1n) is 6.80.